The molecule has 5 atom stereocenters. The number of hydrogen-bond donors (Lipinski definition) is 9. The molecule has 0 unspecified atom stereocenters. The maximum atomic E-state index is 14.6. The second-order valence-electron chi connectivity index (χ2n) is 28.4. The zero-order chi connectivity index (χ0) is 67.1. The van der Waals surface area contributed by atoms with Crippen LogP contribution in [-0.4, -0.2) is 162 Å². The van der Waals surface area contributed by atoms with Crippen molar-refractivity contribution in [2.75, 3.05) is 40.8 Å². The first kappa shape index (κ1) is 73.6. The predicted molar refractivity (Wildman–Crippen MR) is 343 cm³/mol. The second kappa shape index (κ2) is 32.3. The zero-order valence-corrected chi connectivity index (χ0v) is 56.1. The van der Waals surface area contributed by atoms with Crippen molar-refractivity contribution in [3.05, 3.63) is 40.2 Å². The molecule has 10 amide bonds. The minimum absolute atomic E-state index is 0.0394. The van der Waals surface area contributed by atoms with Crippen LogP contribution in [0.3, 0.4) is 0 Å². The monoisotopic (exact) mass is 1260 g/mol. The van der Waals surface area contributed by atoms with Crippen molar-refractivity contribution in [1.82, 2.24) is 57.7 Å². The maximum absolute atomic E-state index is 14.6. The molecule has 3 fully saturated rings. The quantitative estimate of drug-likeness (QED) is 0.0451. The Bertz CT molecular complexity index is 2940. The summed E-state index contributed by atoms with van der Waals surface area (Å²) in [6.45, 7) is 21.0. The molecular formula is C66H105N11O13. The van der Waals surface area contributed by atoms with E-state index in [1.54, 1.807) is 18.2 Å². The SMILES string of the molecule is COc1ccc2cc(C(=O)N3CCC[C@H]3C(=O)N[C@@H](CCC3CCCCC3)C(=O)N[C@@H](CC(C)C)C(=O)NC(C)(C)C(=O)N[C@@H](CC(C)C)C(=O)N[C@@H](CC(C)C)C(=O)NC(C)(C)C(=O)NC(C)(C)C(=O)NCCC(=O)NC3(CN(C)C)CCC3)c(=O)oc2c1. The minimum atomic E-state index is -1.68. The fourth-order valence-corrected chi connectivity index (χ4v) is 12.0. The number of nitrogens with one attached hydrogen (secondary N) is 9. The Morgan fingerprint density at radius 3 is 1.72 bits per heavy atom. The van der Waals surface area contributed by atoms with Crippen molar-refractivity contribution in [2.24, 2.45) is 23.7 Å². The Morgan fingerprint density at radius 1 is 0.644 bits per heavy atom. The molecule has 0 spiro atoms. The summed E-state index contributed by atoms with van der Waals surface area (Å²) in [6.07, 6.45) is 10.0. The first-order valence-corrected chi connectivity index (χ1v) is 32.4. The highest BCUT2D eigenvalue weighted by Gasteiger charge is 2.43. The second-order valence-corrected chi connectivity index (χ2v) is 28.4. The number of fused-ring (bicyclic) bond motifs is 1. The van der Waals surface area contributed by atoms with E-state index in [4.69, 9.17) is 9.15 Å². The lowest BCUT2D eigenvalue weighted by Gasteiger charge is -2.44. The van der Waals surface area contributed by atoms with Crippen LogP contribution in [0.5, 0.6) is 5.75 Å². The third-order valence-electron chi connectivity index (χ3n) is 17.2. The van der Waals surface area contributed by atoms with Gasteiger partial charge in [-0.25, -0.2) is 4.79 Å². The van der Waals surface area contributed by atoms with E-state index in [2.05, 4.69) is 47.9 Å². The molecule has 1 aromatic heterocycles. The lowest BCUT2D eigenvalue weighted by atomic mass is 9.76. The summed E-state index contributed by atoms with van der Waals surface area (Å²) in [4.78, 5) is 157. The predicted octanol–water partition coefficient (Wildman–Crippen LogP) is 4.64. The topological polar surface area (TPSA) is 325 Å². The van der Waals surface area contributed by atoms with Gasteiger partial charge in [-0.1, -0.05) is 73.6 Å². The highest BCUT2D eigenvalue weighted by atomic mass is 16.5. The summed E-state index contributed by atoms with van der Waals surface area (Å²) in [7, 11) is 5.38. The average molecular weight is 1260 g/mol. The van der Waals surface area contributed by atoms with Gasteiger partial charge < -0.3 is 66.8 Å². The van der Waals surface area contributed by atoms with Gasteiger partial charge in [0.15, 0.2) is 0 Å². The molecule has 502 valence electrons. The number of carbonyl (C=O) groups is 10. The van der Waals surface area contributed by atoms with Crippen LogP contribution in [0.4, 0.5) is 0 Å². The highest BCUT2D eigenvalue weighted by molar-refractivity contribution is 6.02. The number of ether oxygens (including phenoxy) is 1. The fraction of sp³-hybridized carbons (Fsp3) is 0.712. The number of likely N-dealkylation sites (tertiary alicyclic amines) is 1. The van der Waals surface area contributed by atoms with Crippen LogP contribution < -0.4 is 58.2 Å². The van der Waals surface area contributed by atoms with Crippen LogP contribution in [-0.2, 0) is 43.2 Å². The molecule has 24 heteroatoms. The van der Waals surface area contributed by atoms with Crippen LogP contribution in [0.1, 0.15) is 196 Å². The van der Waals surface area contributed by atoms with Gasteiger partial charge in [0.1, 0.15) is 63.7 Å². The molecule has 90 heavy (non-hydrogen) atoms. The normalized spacial score (nSPS) is 17.5. The van der Waals surface area contributed by atoms with Crippen molar-refractivity contribution in [2.45, 2.75) is 238 Å². The summed E-state index contributed by atoms with van der Waals surface area (Å²) in [6, 6.07) is 0.623. The molecule has 2 saturated carbocycles. The smallest absolute Gasteiger partial charge is 0.349 e. The third-order valence-corrected chi connectivity index (χ3v) is 17.2. The highest BCUT2D eigenvalue weighted by Crippen LogP contribution is 2.33. The summed E-state index contributed by atoms with van der Waals surface area (Å²) in [5.74, 6) is -5.73. The number of likely N-dealkylation sites (N-methyl/N-ethyl adjacent to an activating group) is 1. The van der Waals surface area contributed by atoms with E-state index >= 15 is 0 Å². The molecule has 2 heterocycles. The van der Waals surface area contributed by atoms with Crippen LogP contribution >= 0.6 is 0 Å². The number of rotatable bonds is 32. The first-order chi connectivity index (χ1) is 42.0. The van der Waals surface area contributed by atoms with E-state index < -0.39 is 106 Å². The van der Waals surface area contributed by atoms with Crippen LogP contribution in [0.25, 0.3) is 11.0 Å². The van der Waals surface area contributed by atoms with Crippen molar-refractivity contribution < 1.29 is 57.1 Å². The van der Waals surface area contributed by atoms with Gasteiger partial charge in [-0.05, 0) is 162 Å². The van der Waals surface area contributed by atoms with E-state index in [0.29, 0.717) is 36.4 Å². The zero-order valence-electron chi connectivity index (χ0n) is 56.1. The Labute approximate surface area is 531 Å². The van der Waals surface area contributed by atoms with E-state index in [0.717, 1.165) is 51.4 Å². The van der Waals surface area contributed by atoms with Crippen LogP contribution in [0, 0.1) is 23.7 Å². The average Bonchev–Trinajstić information content (AvgIpc) is 1.62. The number of benzene rings is 1. The molecule has 24 nitrogen and oxygen atoms in total. The van der Waals surface area contributed by atoms with Crippen molar-refractivity contribution in [3.8, 4) is 5.75 Å². The van der Waals surface area contributed by atoms with Crippen LogP contribution in [0.2, 0.25) is 0 Å². The van der Waals surface area contributed by atoms with Crippen molar-refractivity contribution >= 4 is 70.0 Å². The van der Waals surface area contributed by atoms with E-state index in [1.807, 2.05) is 60.5 Å². The number of nitrogens with zero attached hydrogens (tertiary/aromatic N) is 2. The van der Waals surface area contributed by atoms with E-state index in [9.17, 15) is 52.7 Å². The molecular weight excluding hydrogens is 1150 g/mol. The van der Waals surface area contributed by atoms with Gasteiger partial charge in [-0.3, -0.25) is 47.9 Å². The van der Waals surface area contributed by atoms with Gasteiger partial charge in [0, 0.05) is 37.5 Å². The molecule has 0 radical (unpaired) electrons. The van der Waals surface area contributed by atoms with Gasteiger partial charge in [-0.15, -0.1) is 0 Å². The van der Waals surface area contributed by atoms with Crippen molar-refractivity contribution in [3.63, 3.8) is 0 Å². The molecule has 3 aliphatic rings. The van der Waals surface area contributed by atoms with Gasteiger partial charge in [0.05, 0.1) is 12.6 Å². The summed E-state index contributed by atoms with van der Waals surface area (Å²) in [5.41, 5.74) is -5.89. The van der Waals surface area contributed by atoms with E-state index in [-0.39, 0.29) is 92.0 Å². The lowest BCUT2D eigenvalue weighted by molar-refractivity contribution is -0.139. The van der Waals surface area contributed by atoms with Gasteiger partial charge >= 0.3 is 5.63 Å². The Balaban J connectivity index is 1.23. The summed E-state index contributed by atoms with van der Waals surface area (Å²) < 4.78 is 10.8. The van der Waals surface area contributed by atoms with Crippen LogP contribution in [0.15, 0.2) is 33.5 Å². The largest absolute Gasteiger partial charge is 0.497 e. The molecule has 0 bridgehead atoms. The molecule has 9 N–H and O–H groups in total. The number of carbonyl (C=O) groups excluding carboxylic acids is 10. The number of amides is 10. The molecule has 1 aromatic carbocycles. The lowest BCUT2D eigenvalue weighted by Crippen LogP contribution is -2.65. The fourth-order valence-electron chi connectivity index (χ4n) is 12.0. The van der Waals surface area contributed by atoms with Crippen molar-refractivity contribution in [1.29, 1.82) is 0 Å². The van der Waals surface area contributed by atoms with Gasteiger partial charge in [0.25, 0.3) is 5.91 Å². The molecule has 2 aliphatic carbocycles. The summed E-state index contributed by atoms with van der Waals surface area (Å²) in [5, 5.41) is 26.0. The number of methoxy groups -OCH3 is 1. The van der Waals surface area contributed by atoms with Gasteiger partial charge in [-0.2, -0.15) is 0 Å². The Hall–Kier alpha value is -7.11. The molecule has 5 rings (SSSR count). The molecule has 1 saturated heterocycles. The standard InChI is InChI=1S/C66H105N11O13/c1-39(2)33-47(54(80)70-49(35-41(5)6)56(82)74-65(11,12)62(88)75-63(7,8)60(86)67-31-28-52(78)72-66(29-20-30-66)38-76(13)14)71-61(87)64(9,10)73-55(81)48(34-40(3)4)69-53(79)46(27-24-42-21-17-16-18-22-42)68-57(83)50-23-19-32-77(50)58(84)45-36-43-25-26-44(89-15)37-51(43)90-59(45)85/h25-26,36-37,39-42,46-50H,16-24,27-35,38H2,1-15H3,(H,67,86)(H,68,83)(H,69,79)(H,70,80)(H,71,87)(H,72,78)(H,73,81)(H,74,82)(H,75,88)/t46-,47-,48-,49-,50-/m0/s1. The first-order valence-electron chi connectivity index (χ1n) is 32.4. The molecule has 1 aliphatic heterocycles. The Morgan fingerprint density at radius 2 is 1.19 bits per heavy atom. The van der Waals surface area contributed by atoms with E-state index in [1.165, 1.54) is 59.6 Å². The molecule has 2 aromatic rings. The maximum Gasteiger partial charge on any atom is 0.349 e. The minimum Gasteiger partial charge on any atom is -0.497 e. The third kappa shape index (κ3) is 21.2. The summed E-state index contributed by atoms with van der Waals surface area (Å²) >= 11 is 0. The van der Waals surface area contributed by atoms with Gasteiger partial charge in [0.2, 0.25) is 53.2 Å². The Kier molecular flexibility index (Phi) is 26.4. The number of hydrogen-bond acceptors (Lipinski definition) is 14.